The van der Waals surface area contributed by atoms with Crippen molar-refractivity contribution in [3.63, 3.8) is 0 Å². The number of aliphatic hydroxyl groups is 1. The van der Waals surface area contributed by atoms with Crippen LogP contribution in [0.4, 0.5) is 4.79 Å². The van der Waals surface area contributed by atoms with Crippen molar-refractivity contribution in [2.75, 3.05) is 26.2 Å². The van der Waals surface area contributed by atoms with Gasteiger partial charge in [0.1, 0.15) is 0 Å². The van der Waals surface area contributed by atoms with Gasteiger partial charge < -0.3 is 30.1 Å². The Balaban J connectivity index is 1.36. The lowest BCUT2D eigenvalue weighted by molar-refractivity contribution is -0.276. The maximum atomic E-state index is 12.0. The summed E-state index contributed by atoms with van der Waals surface area (Å²) in [6.07, 6.45) is 3.24. The van der Waals surface area contributed by atoms with Gasteiger partial charge in [-0.25, -0.2) is 4.79 Å². The molecule has 218 valence electrons. The normalized spacial score (nSPS) is 23.2. The lowest BCUT2D eigenvalue weighted by atomic mass is 9.89. The summed E-state index contributed by atoms with van der Waals surface area (Å²) in [5, 5.41) is 15.2. The van der Waals surface area contributed by atoms with E-state index in [1.807, 2.05) is 37.3 Å². The number of nitrogens with one attached hydrogen (secondary N) is 2. The molecule has 0 aliphatic carbocycles. The van der Waals surface area contributed by atoms with Gasteiger partial charge in [0.15, 0.2) is 6.29 Å². The second-order valence-electron chi connectivity index (χ2n) is 11.2. The van der Waals surface area contributed by atoms with E-state index in [4.69, 9.17) is 9.47 Å². The van der Waals surface area contributed by atoms with Crippen molar-refractivity contribution in [2.45, 2.75) is 64.8 Å². The second kappa shape index (κ2) is 14.1. The average Bonchev–Trinajstić information content (AvgIpc) is 3.02. The highest BCUT2D eigenvalue weighted by Gasteiger charge is 2.39. The van der Waals surface area contributed by atoms with Gasteiger partial charge in [0.25, 0.3) is 0 Å². The summed E-state index contributed by atoms with van der Waals surface area (Å²) in [6.45, 7) is 8.34. The number of nitrogens with zero attached hydrogens (tertiary/aromatic N) is 1. The Morgan fingerprint density at radius 2 is 1.61 bits per heavy atom. The minimum atomic E-state index is -0.479. The van der Waals surface area contributed by atoms with E-state index >= 15 is 0 Å². The fraction of sp³-hybridized carbons (Fsp3) is 0.441. The predicted octanol–water partition coefficient (Wildman–Crippen LogP) is 5.94. The van der Waals surface area contributed by atoms with Crippen LogP contribution in [0.25, 0.3) is 11.1 Å². The van der Waals surface area contributed by atoms with Crippen LogP contribution in [0.1, 0.15) is 67.8 Å². The van der Waals surface area contributed by atoms with Crippen molar-refractivity contribution in [1.29, 1.82) is 0 Å². The first-order chi connectivity index (χ1) is 20.1. The molecule has 0 aromatic heterocycles. The van der Waals surface area contributed by atoms with Gasteiger partial charge in [0.2, 0.25) is 0 Å². The number of likely N-dealkylation sites (tertiary alicyclic amines) is 1. The predicted molar refractivity (Wildman–Crippen MR) is 161 cm³/mol. The van der Waals surface area contributed by atoms with Crippen LogP contribution in [0.2, 0.25) is 0 Å². The van der Waals surface area contributed by atoms with Gasteiger partial charge >= 0.3 is 6.03 Å². The highest BCUT2D eigenvalue weighted by atomic mass is 16.7. The first-order valence-electron chi connectivity index (χ1n) is 15.0. The maximum Gasteiger partial charge on any atom is 0.315 e. The molecule has 2 fully saturated rings. The van der Waals surface area contributed by atoms with Crippen LogP contribution in [-0.2, 0) is 22.6 Å². The molecule has 0 saturated carbocycles. The Morgan fingerprint density at radius 3 is 2.32 bits per heavy atom. The van der Waals surface area contributed by atoms with E-state index in [1.54, 1.807) is 0 Å². The number of carbonyl (C=O) groups is 1. The highest BCUT2D eigenvalue weighted by Crippen LogP contribution is 2.42. The molecular formula is C34H43N3O4. The topological polar surface area (TPSA) is 83.1 Å². The third-order valence-electron chi connectivity index (χ3n) is 8.30. The molecular weight excluding hydrogens is 514 g/mol. The van der Waals surface area contributed by atoms with E-state index in [9.17, 15) is 9.90 Å². The number of ether oxygens (including phenoxy) is 2. The van der Waals surface area contributed by atoms with Crippen molar-refractivity contribution in [3.05, 3.63) is 95.1 Å². The summed E-state index contributed by atoms with van der Waals surface area (Å²) in [4.78, 5) is 14.5. The lowest BCUT2D eigenvalue weighted by Gasteiger charge is -2.43. The zero-order valence-electron chi connectivity index (χ0n) is 24.2. The summed E-state index contributed by atoms with van der Waals surface area (Å²) < 4.78 is 13.3. The Labute approximate surface area is 243 Å². The molecule has 7 heteroatoms. The minimum Gasteiger partial charge on any atom is -0.392 e. The van der Waals surface area contributed by atoms with Crippen molar-refractivity contribution < 1.29 is 19.4 Å². The zero-order chi connectivity index (χ0) is 28.6. The molecule has 2 aliphatic heterocycles. The summed E-state index contributed by atoms with van der Waals surface area (Å²) in [5.41, 5.74) is 6.20. The monoisotopic (exact) mass is 557 g/mol. The van der Waals surface area contributed by atoms with Crippen molar-refractivity contribution >= 4 is 6.03 Å². The van der Waals surface area contributed by atoms with E-state index in [1.165, 1.54) is 19.3 Å². The van der Waals surface area contributed by atoms with Crippen molar-refractivity contribution in [3.8, 4) is 11.1 Å². The van der Waals surface area contributed by atoms with Crippen LogP contribution in [0.15, 0.2) is 72.8 Å². The fourth-order valence-electron chi connectivity index (χ4n) is 5.90. The number of aliphatic hydroxyl groups excluding tert-OH is 1. The standard InChI is InChI=1S/C34H43N3O4/c1-3-35-34(39)36-21-29-9-5-6-10-30(29)26-15-17-28(18-16-26)33-40-31(22-37-19-7-4-8-20-37)24(2)32(41-33)27-13-11-25(23-38)12-14-27/h5-6,9-18,24,31-33,38H,3-4,7-8,19-23H2,1-2H3,(H2,35,36,39). The Kier molecular flexibility index (Phi) is 10.1. The van der Waals surface area contributed by atoms with Crippen molar-refractivity contribution in [1.82, 2.24) is 15.5 Å². The number of rotatable bonds is 9. The third-order valence-corrected chi connectivity index (χ3v) is 8.30. The molecule has 4 unspecified atom stereocenters. The van der Waals surface area contributed by atoms with Gasteiger partial charge in [0, 0.05) is 31.1 Å². The molecule has 0 spiro atoms. The molecule has 3 aromatic rings. The van der Waals surface area contributed by atoms with Crippen molar-refractivity contribution in [2.24, 2.45) is 5.92 Å². The van der Waals surface area contributed by atoms with Crippen LogP contribution in [-0.4, -0.2) is 48.3 Å². The molecule has 2 amide bonds. The molecule has 3 aromatic carbocycles. The van der Waals surface area contributed by atoms with Crippen LogP contribution in [0, 0.1) is 5.92 Å². The second-order valence-corrected chi connectivity index (χ2v) is 11.2. The number of carbonyl (C=O) groups excluding carboxylic acids is 1. The molecule has 4 atom stereocenters. The third kappa shape index (κ3) is 7.35. The largest absolute Gasteiger partial charge is 0.392 e. The van der Waals surface area contributed by atoms with Gasteiger partial charge in [0.05, 0.1) is 18.8 Å². The number of hydrogen-bond donors (Lipinski definition) is 3. The molecule has 41 heavy (non-hydrogen) atoms. The quantitative estimate of drug-likeness (QED) is 0.303. The fourth-order valence-corrected chi connectivity index (χ4v) is 5.90. The first-order valence-corrected chi connectivity index (χ1v) is 15.0. The van der Waals surface area contributed by atoms with Gasteiger partial charge in [-0.15, -0.1) is 0 Å². The number of urea groups is 1. The molecule has 2 aliphatic rings. The Bertz CT molecular complexity index is 1260. The van der Waals surface area contributed by atoms with Gasteiger partial charge in [-0.1, -0.05) is 86.1 Å². The van der Waals surface area contributed by atoms with Gasteiger partial charge in [-0.2, -0.15) is 0 Å². The molecule has 7 nitrogen and oxygen atoms in total. The van der Waals surface area contributed by atoms with Crippen LogP contribution in [0.5, 0.6) is 0 Å². The van der Waals surface area contributed by atoms with Crippen LogP contribution >= 0.6 is 0 Å². The van der Waals surface area contributed by atoms with Gasteiger partial charge in [-0.3, -0.25) is 0 Å². The Morgan fingerprint density at radius 1 is 0.902 bits per heavy atom. The highest BCUT2D eigenvalue weighted by molar-refractivity contribution is 5.74. The maximum absolute atomic E-state index is 12.0. The van der Waals surface area contributed by atoms with E-state index in [0.29, 0.717) is 13.1 Å². The molecule has 0 radical (unpaired) electrons. The molecule has 3 N–H and O–H groups in total. The SMILES string of the molecule is CCNC(=O)NCc1ccccc1-c1ccc(C2OC(CN3CCCCC3)C(C)C(c3ccc(CO)cc3)O2)cc1. The van der Waals surface area contributed by atoms with E-state index < -0.39 is 6.29 Å². The minimum absolute atomic E-state index is 0.0299. The van der Waals surface area contributed by atoms with Gasteiger partial charge in [-0.05, 0) is 60.7 Å². The number of benzene rings is 3. The van der Waals surface area contributed by atoms with E-state index in [-0.39, 0.29) is 30.8 Å². The Hall–Kier alpha value is -3.23. The first kappa shape index (κ1) is 29.3. The number of hydrogen-bond acceptors (Lipinski definition) is 5. The smallest absolute Gasteiger partial charge is 0.315 e. The zero-order valence-corrected chi connectivity index (χ0v) is 24.2. The molecule has 2 heterocycles. The van der Waals surface area contributed by atoms with E-state index in [0.717, 1.165) is 53.0 Å². The summed E-state index contributed by atoms with van der Waals surface area (Å²) in [5.74, 6) is 0.178. The molecule has 2 saturated heterocycles. The number of amides is 2. The van der Waals surface area contributed by atoms with Crippen LogP contribution < -0.4 is 10.6 Å². The average molecular weight is 558 g/mol. The molecule has 0 bridgehead atoms. The summed E-state index contributed by atoms with van der Waals surface area (Å²) in [7, 11) is 0. The van der Waals surface area contributed by atoms with Crippen LogP contribution in [0.3, 0.4) is 0 Å². The lowest BCUT2D eigenvalue weighted by Crippen LogP contribution is -2.45. The summed E-state index contributed by atoms with van der Waals surface area (Å²) in [6, 6.07) is 24.5. The number of piperidine rings is 1. The van der Waals surface area contributed by atoms with E-state index in [2.05, 4.69) is 64.9 Å². The molecule has 5 rings (SSSR count). The summed E-state index contributed by atoms with van der Waals surface area (Å²) >= 11 is 0.